The molecule has 25 heavy (non-hydrogen) atoms. The van der Waals surface area contributed by atoms with Crippen molar-refractivity contribution in [1.29, 1.82) is 0 Å². The first kappa shape index (κ1) is 17.5. The Morgan fingerprint density at radius 2 is 2.08 bits per heavy atom. The third kappa shape index (κ3) is 4.21. The highest BCUT2D eigenvalue weighted by Gasteiger charge is 2.47. The molecule has 0 bridgehead atoms. The molecule has 0 spiro atoms. The number of amides is 1. The van der Waals surface area contributed by atoms with Gasteiger partial charge in [-0.1, -0.05) is 31.0 Å². The lowest BCUT2D eigenvalue weighted by Crippen LogP contribution is -2.42. The lowest BCUT2D eigenvalue weighted by atomic mass is 9.78. The molecule has 0 unspecified atom stereocenters. The molecule has 1 amide bonds. The summed E-state index contributed by atoms with van der Waals surface area (Å²) in [6.07, 6.45) is 0.561. The number of carbonyl (C=O) groups is 1. The minimum absolute atomic E-state index is 0.0373. The molecule has 1 aliphatic carbocycles. The van der Waals surface area contributed by atoms with E-state index in [1.807, 2.05) is 24.3 Å². The Hall–Kier alpha value is -2.31. The molecule has 7 heteroatoms. The number of imidazole rings is 1. The average Bonchev–Trinajstić information content (AvgIpc) is 3.14. The van der Waals surface area contributed by atoms with Crippen LogP contribution in [0.4, 0.5) is 13.2 Å². The first-order valence-corrected chi connectivity index (χ1v) is 8.38. The van der Waals surface area contributed by atoms with Crippen LogP contribution in [0, 0.1) is 11.8 Å². The molecule has 134 valence electrons. The standard InChI is InChI=1S/C18H20F3N3O/c19-18(20,21)15-7-2-1-6-14(15)17(25)24-11-12-4-3-5-13(10-12)16-22-8-9-23-16/h3-5,8-10,14-15H,1-2,6-7,11H2,(H,22,23)(H,24,25)/t14-,15-/m1/s1. The zero-order valence-electron chi connectivity index (χ0n) is 13.6. The van der Waals surface area contributed by atoms with E-state index in [9.17, 15) is 18.0 Å². The number of nitrogens with zero attached hydrogens (tertiary/aromatic N) is 1. The molecule has 0 aliphatic heterocycles. The van der Waals surface area contributed by atoms with Crippen molar-refractivity contribution in [2.75, 3.05) is 0 Å². The molecule has 2 aromatic rings. The summed E-state index contributed by atoms with van der Waals surface area (Å²) in [6, 6.07) is 7.40. The van der Waals surface area contributed by atoms with E-state index >= 15 is 0 Å². The van der Waals surface area contributed by atoms with Gasteiger partial charge in [0.25, 0.3) is 0 Å². The van der Waals surface area contributed by atoms with Crippen LogP contribution in [0.2, 0.25) is 0 Å². The summed E-state index contributed by atoms with van der Waals surface area (Å²) in [5.74, 6) is -2.32. The molecule has 1 aromatic heterocycles. The number of alkyl halides is 3. The van der Waals surface area contributed by atoms with Crippen LogP contribution in [0.15, 0.2) is 36.7 Å². The summed E-state index contributed by atoms with van der Waals surface area (Å²) in [6.45, 7) is 0.203. The van der Waals surface area contributed by atoms with E-state index in [2.05, 4.69) is 15.3 Å². The maximum atomic E-state index is 13.1. The first-order valence-electron chi connectivity index (χ1n) is 8.38. The van der Waals surface area contributed by atoms with Crippen LogP contribution in [0.1, 0.15) is 31.2 Å². The van der Waals surface area contributed by atoms with Gasteiger partial charge in [-0.3, -0.25) is 4.79 Å². The van der Waals surface area contributed by atoms with Crippen molar-refractivity contribution in [2.24, 2.45) is 11.8 Å². The second kappa shape index (κ2) is 7.29. The molecule has 2 atom stereocenters. The fourth-order valence-electron chi connectivity index (χ4n) is 3.41. The highest BCUT2D eigenvalue weighted by atomic mass is 19.4. The zero-order chi connectivity index (χ0) is 17.9. The molecule has 1 aromatic carbocycles. The highest BCUT2D eigenvalue weighted by Crippen LogP contribution is 2.41. The molecule has 2 N–H and O–H groups in total. The minimum atomic E-state index is -4.32. The predicted molar refractivity (Wildman–Crippen MR) is 87.4 cm³/mol. The maximum Gasteiger partial charge on any atom is 0.392 e. The maximum absolute atomic E-state index is 13.1. The lowest BCUT2D eigenvalue weighted by Gasteiger charge is -2.32. The van der Waals surface area contributed by atoms with Gasteiger partial charge in [0.2, 0.25) is 5.91 Å². The Balaban J connectivity index is 1.65. The monoisotopic (exact) mass is 351 g/mol. The molecule has 3 rings (SSSR count). The van der Waals surface area contributed by atoms with Crippen LogP contribution in [0.25, 0.3) is 11.4 Å². The molecule has 1 saturated carbocycles. The zero-order valence-corrected chi connectivity index (χ0v) is 13.6. The van der Waals surface area contributed by atoms with Gasteiger partial charge in [0, 0.05) is 30.4 Å². The normalized spacial score (nSPS) is 21.1. The second-order valence-corrected chi connectivity index (χ2v) is 6.40. The number of aromatic nitrogens is 2. The summed E-state index contributed by atoms with van der Waals surface area (Å²) in [5.41, 5.74) is 1.68. The third-order valence-electron chi connectivity index (χ3n) is 4.69. The van der Waals surface area contributed by atoms with Crippen LogP contribution in [-0.4, -0.2) is 22.1 Å². The van der Waals surface area contributed by atoms with Gasteiger partial charge < -0.3 is 10.3 Å². The number of H-pyrrole nitrogens is 1. The number of benzene rings is 1. The van der Waals surface area contributed by atoms with E-state index in [0.29, 0.717) is 25.1 Å². The number of halogens is 3. The number of hydrogen-bond donors (Lipinski definition) is 2. The van der Waals surface area contributed by atoms with Crippen LogP contribution in [0.3, 0.4) is 0 Å². The van der Waals surface area contributed by atoms with Gasteiger partial charge in [-0.2, -0.15) is 13.2 Å². The topological polar surface area (TPSA) is 57.8 Å². The Morgan fingerprint density at radius 1 is 1.28 bits per heavy atom. The van der Waals surface area contributed by atoms with Crippen molar-refractivity contribution in [1.82, 2.24) is 15.3 Å². The molecular formula is C18H20F3N3O. The first-order chi connectivity index (χ1) is 11.9. The van der Waals surface area contributed by atoms with Gasteiger partial charge in [-0.15, -0.1) is 0 Å². The van der Waals surface area contributed by atoms with E-state index in [-0.39, 0.29) is 13.0 Å². The fourth-order valence-corrected chi connectivity index (χ4v) is 3.41. The lowest BCUT2D eigenvalue weighted by molar-refractivity contribution is -0.198. The van der Waals surface area contributed by atoms with Gasteiger partial charge in [0.15, 0.2) is 0 Å². The van der Waals surface area contributed by atoms with E-state index in [1.165, 1.54) is 0 Å². The quantitative estimate of drug-likeness (QED) is 0.873. The molecule has 0 radical (unpaired) electrons. The Kier molecular flexibility index (Phi) is 5.11. The van der Waals surface area contributed by atoms with E-state index in [1.54, 1.807) is 12.4 Å². The third-order valence-corrected chi connectivity index (χ3v) is 4.69. The Labute approximate surface area is 143 Å². The van der Waals surface area contributed by atoms with Crippen molar-refractivity contribution in [2.45, 2.75) is 38.4 Å². The van der Waals surface area contributed by atoms with Crippen LogP contribution in [-0.2, 0) is 11.3 Å². The SMILES string of the molecule is O=C(NCc1cccc(-c2ncc[nH]2)c1)[C@@H]1CCCC[C@H]1C(F)(F)F. The number of rotatable bonds is 4. The van der Waals surface area contributed by atoms with Crippen molar-refractivity contribution < 1.29 is 18.0 Å². The van der Waals surface area contributed by atoms with Crippen molar-refractivity contribution in [3.63, 3.8) is 0 Å². The van der Waals surface area contributed by atoms with Gasteiger partial charge in [-0.25, -0.2) is 4.98 Å². The molecule has 0 saturated heterocycles. The van der Waals surface area contributed by atoms with Gasteiger partial charge in [0.1, 0.15) is 5.82 Å². The van der Waals surface area contributed by atoms with Crippen LogP contribution in [0.5, 0.6) is 0 Å². The largest absolute Gasteiger partial charge is 0.392 e. The van der Waals surface area contributed by atoms with Crippen LogP contribution >= 0.6 is 0 Å². The Bertz CT molecular complexity index is 713. The smallest absolute Gasteiger partial charge is 0.352 e. The van der Waals surface area contributed by atoms with Gasteiger partial charge >= 0.3 is 6.18 Å². The second-order valence-electron chi connectivity index (χ2n) is 6.40. The molecule has 1 fully saturated rings. The predicted octanol–water partition coefficient (Wildman–Crippen LogP) is 4.06. The van der Waals surface area contributed by atoms with E-state index in [0.717, 1.165) is 11.1 Å². The summed E-state index contributed by atoms with van der Waals surface area (Å²) < 4.78 is 39.4. The van der Waals surface area contributed by atoms with Gasteiger partial charge in [-0.05, 0) is 24.5 Å². The molecule has 4 nitrogen and oxygen atoms in total. The summed E-state index contributed by atoms with van der Waals surface area (Å²) in [4.78, 5) is 19.5. The molecular weight excluding hydrogens is 331 g/mol. The molecule has 1 heterocycles. The number of hydrogen-bond acceptors (Lipinski definition) is 2. The highest BCUT2D eigenvalue weighted by molar-refractivity contribution is 5.79. The number of carbonyl (C=O) groups excluding carboxylic acids is 1. The van der Waals surface area contributed by atoms with E-state index in [4.69, 9.17) is 0 Å². The Morgan fingerprint density at radius 3 is 2.80 bits per heavy atom. The fraction of sp³-hybridized carbons (Fsp3) is 0.444. The summed E-state index contributed by atoms with van der Waals surface area (Å²) in [5, 5.41) is 2.67. The molecule has 1 aliphatic rings. The van der Waals surface area contributed by atoms with Crippen molar-refractivity contribution >= 4 is 5.91 Å². The number of aromatic amines is 1. The minimum Gasteiger partial charge on any atom is -0.352 e. The van der Waals surface area contributed by atoms with Crippen molar-refractivity contribution in [3.05, 3.63) is 42.2 Å². The summed E-state index contributed by atoms with van der Waals surface area (Å²) in [7, 11) is 0. The van der Waals surface area contributed by atoms with Crippen molar-refractivity contribution in [3.8, 4) is 11.4 Å². The van der Waals surface area contributed by atoms with E-state index < -0.39 is 23.9 Å². The average molecular weight is 351 g/mol. The van der Waals surface area contributed by atoms with Crippen LogP contribution < -0.4 is 5.32 Å². The summed E-state index contributed by atoms with van der Waals surface area (Å²) >= 11 is 0. The van der Waals surface area contributed by atoms with Gasteiger partial charge in [0.05, 0.1) is 5.92 Å². The number of nitrogens with one attached hydrogen (secondary N) is 2.